The molecule has 3 aliphatic rings. The first kappa shape index (κ1) is 25.1. The fourth-order valence-corrected chi connectivity index (χ4v) is 5.53. The third-order valence-electron chi connectivity index (χ3n) is 7.02. The van der Waals surface area contributed by atoms with Crippen molar-refractivity contribution < 1.29 is 46.5 Å². The molecule has 3 fully saturated rings. The number of carbonyl (C=O) groups is 3. The summed E-state index contributed by atoms with van der Waals surface area (Å²) in [4.78, 5) is 40.3. The summed E-state index contributed by atoms with van der Waals surface area (Å²) in [7, 11) is 1.49. The molecule has 0 aliphatic carbocycles. The zero-order valence-electron chi connectivity index (χ0n) is 19.2. The molecule has 9 nitrogen and oxygen atoms in total. The fraction of sp³-hybridized carbons (Fsp3) is 0.565. The molecule has 2 bridgehead atoms. The molecule has 0 aromatic heterocycles. The summed E-state index contributed by atoms with van der Waals surface area (Å²) in [5, 5.41) is 9.03. The monoisotopic (exact) mass is 496 g/mol. The van der Waals surface area contributed by atoms with Crippen LogP contribution in [0.4, 0.5) is 18.9 Å². The minimum absolute atomic E-state index is 0.0929. The topological polar surface area (TPSA) is 115 Å². The molecule has 3 aliphatic heterocycles. The molecule has 2 amide bonds. The maximum absolute atomic E-state index is 13.5. The summed E-state index contributed by atoms with van der Waals surface area (Å²) >= 11 is 0. The van der Waals surface area contributed by atoms with Crippen LogP contribution in [-0.2, 0) is 39.5 Å². The molecule has 12 heteroatoms. The van der Waals surface area contributed by atoms with Gasteiger partial charge in [-0.25, -0.2) is 4.90 Å². The van der Waals surface area contributed by atoms with E-state index in [0.717, 1.165) is 12.1 Å². The average molecular weight is 496 g/mol. The van der Waals surface area contributed by atoms with E-state index in [1.54, 1.807) is 6.92 Å². The number of anilines is 1. The van der Waals surface area contributed by atoms with Crippen molar-refractivity contribution in [2.75, 3.05) is 32.0 Å². The number of fused-ring (bicyclic) bond motifs is 5. The first-order chi connectivity index (χ1) is 16.4. The Balaban J connectivity index is 1.61. The predicted molar refractivity (Wildman–Crippen MR) is 110 cm³/mol. The van der Waals surface area contributed by atoms with Crippen LogP contribution in [0.2, 0.25) is 0 Å². The van der Waals surface area contributed by atoms with E-state index in [1.807, 2.05) is 0 Å². The number of nitriles is 1. The molecule has 1 aromatic carbocycles. The number of methoxy groups -OCH3 is 1. The van der Waals surface area contributed by atoms with E-state index in [1.165, 1.54) is 20.1 Å². The Morgan fingerprint density at radius 1 is 1.23 bits per heavy atom. The highest BCUT2D eigenvalue weighted by molar-refractivity contribution is 6.23. The van der Waals surface area contributed by atoms with Crippen LogP contribution in [0.1, 0.15) is 31.4 Å². The van der Waals surface area contributed by atoms with Crippen molar-refractivity contribution in [1.29, 1.82) is 5.26 Å². The summed E-state index contributed by atoms with van der Waals surface area (Å²) < 4.78 is 61.6. The van der Waals surface area contributed by atoms with Gasteiger partial charge < -0.3 is 18.9 Å². The van der Waals surface area contributed by atoms with Gasteiger partial charge in [-0.15, -0.1) is 0 Å². The van der Waals surface area contributed by atoms with E-state index in [4.69, 9.17) is 24.2 Å². The van der Waals surface area contributed by atoms with Gasteiger partial charge in [0.2, 0.25) is 11.8 Å². The van der Waals surface area contributed by atoms with Gasteiger partial charge in [0.1, 0.15) is 0 Å². The van der Waals surface area contributed by atoms with Crippen molar-refractivity contribution in [2.24, 2.45) is 17.8 Å². The Bertz CT molecular complexity index is 1120. The summed E-state index contributed by atoms with van der Waals surface area (Å²) in [6.45, 7) is 3.32. The number of carbonyl (C=O) groups excluding carboxylic acids is 3. The Labute approximate surface area is 198 Å². The molecule has 4 rings (SSSR count). The molecule has 1 aromatic rings. The molecule has 5 atom stereocenters. The summed E-state index contributed by atoms with van der Waals surface area (Å²) in [5.41, 5.74) is -4.76. The van der Waals surface area contributed by atoms with Gasteiger partial charge in [-0.05, 0) is 38.5 Å². The number of benzene rings is 1. The van der Waals surface area contributed by atoms with Crippen molar-refractivity contribution in [3.63, 3.8) is 0 Å². The Morgan fingerprint density at radius 2 is 1.91 bits per heavy atom. The lowest BCUT2D eigenvalue weighted by atomic mass is 9.64. The lowest BCUT2D eigenvalue weighted by Gasteiger charge is -2.33. The third-order valence-corrected chi connectivity index (χ3v) is 7.02. The van der Waals surface area contributed by atoms with Crippen LogP contribution in [0.5, 0.6) is 0 Å². The lowest BCUT2D eigenvalue weighted by Crippen LogP contribution is -2.49. The number of hydrogen-bond donors (Lipinski definition) is 0. The summed E-state index contributed by atoms with van der Waals surface area (Å²) in [5.74, 6) is -5.10. The third kappa shape index (κ3) is 3.87. The number of esters is 1. The zero-order valence-corrected chi connectivity index (χ0v) is 19.2. The Kier molecular flexibility index (Phi) is 6.15. The Hall–Kier alpha value is -3.01. The van der Waals surface area contributed by atoms with E-state index in [9.17, 15) is 27.6 Å². The smallest absolute Gasteiger partial charge is 0.417 e. The number of amides is 2. The number of hydrogen-bond acceptors (Lipinski definition) is 8. The first-order valence-corrected chi connectivity index (χ1v) is 10.8. The molecule has 0 radical (unpaired) electrons. The van der Waals surface area contributed by atoms with Gasteiger partial charge in [0.15, 0.2) is 6.79 Å². The van der Waals surface area contributed by atoms with Crippen LogP contribution < -0.4 is 4.90 Å². The number of ether oxygens (including phenoxy) is 4. The SMILES string of the molecule is COCCOCOC(=O)[C@H]1C[C@]2(C)O[C@@]1(C)[C@H]1C(=O)N(c3ccc(C#N)c(C(F)(F)F)c3)C(=O)C12. The second-order valence-electron chi connectivity index (χ2n) is 9.14. The molecular weight excluding hydrogens is 473 g/mol. The maximum Gasteiger partial charge on any atom is 0.417 e. The molecular formula is C23H23F3N2O7. The number of alkyl halides is 3. The normalized spacial score (nSPS) is 31.6. The Morgan fingerprint density at radius 3 is 2.54 bits per heavy atom. The fourth-order valence-electron chi connectivity index (χ4n) is 5.53. The zero-order chi connectivity index (χ0) is 25.8. The van der Waals surface area contributed by atoms with Crippen LogP contribution in [0, 0.1) is 29.1 Å². The van der Waals surface area contributed by atoms with Gasteiger partial charge in [-0.3, -0.25) is 14.4 Å². The van der Waals surface area contributed by atoms with Crippen molar-refractivity contribution in [3.05, 3.63) is 29.3 Å². The standard InChI is InChI=1S/C23H23F3N2O7/c1-21-9-15(20(31)34-11-33-7-6-32-3)22(2,35-21)17-16(21)18(29)28(19(17)30)13-5-4-12(10-27)14(8-13)23(24,25)26/h4-5,8,15-17H,6-7,9,11H2,1-3H3/t15-,16?,17-,21+,22-/m1/s1. The highest BCUT2D eigenvalue weighted by atomic mass is 19.4. The van der Waals surface area contributed by atoms with Crippen LogP contribution in [0.3, 0.4) is 0 Å². The molecule has 0 N–H and O–H groups in total. The molecule has 0 saturated carbocycles. The summed E-state index contributed by atoms with van der Waals surface area (Å²) in [6.07, 6.45) is -4.77. The van der Waals surface area contributed by atoms with Crippen LogP contribution in [-0.4, -0.2) is 56.1 Å². The molecule has 0 spiro atoms. The number of rotatable bonds is 7. The van der Waals surface area contributed by atoms with Crippen molar-refractivity contribution in [3.8, 4) is 6.07 Å². The van der Waals surface area contributed by atoms with Gasteiger partial charge in [0.05, 0.1) is 65.1 Å². The van der Waals surface area contributed by atoms with Gasteiger partial charge in [0.25, 0.3) is 0 Å². The molecule has 188 valence electrons. The van der Waals surface area contributed by atoms with E-state index in [0.29, 0.717) is 17.6 Å². The minimum Gasteiger partial charge on any atom is -0.438 e. The van der Waals surface area contributed by atoms with Crippen LogP contribution >= 0.6 is 0 Å². The maximum atomic E-state index is 13.5. The predicted octanol–water partition coefficient (Wildman–Crippen LogP) is 2.41. The number of imide groups is 1. The molecule has 3 saturated heterocycles. The van der Waals surface area contributed by atoms with E-state index in [2.05, 4.69) is 0 Å². The first-order valence-electron chi connectivity index (χ1n) is 10.8. The summed E-state index contributed by atoms with van der Waals surface area (Å²) in [6, 6.07) is 4.13. The second-order valence-corrected chi connectivity index (χ2v) is 9.14. The minimum atomic E-state index is -4.86. The van der Waals surface area contributed by atoms with Crippen LogP contribution in [0.25, 0.3) is 0 Å². The highest BCUT2D eigenvalue weighted by Crippen LogP contribution is 2.63. The largest absolute Gasteiger partial charge is 0.438 e. The molecule has 35 heavy (non-hydrogen) atoms. The van der Waals surface area contributed by atoms with Crippen molar-refractivity contribution in [2.45, 2.75) is 37.6 Å². The number of nitrogens with zero attached hydrogens (tertiary/aromatic N) is 2. The van der Waals surface area contributed by atoms with E-state index >= 15 is 0 Å². The van der Waals surface area contributed by atoms with E-state index in [-0.39, 0.29) is 25.5 Å². The second kappa shape index (κ2) is 8.58. The van der Waals surface area contributed by atoms with Gasteiger partial charge in [0, 0.05) is 7.11 Å². The van der Waals surface area contributed by atoms with Gasteiger partial charge in [-0.1, -0.05) is 0 Å². The number of halogens is 3. The van der Waals surface area contributed by atoms with Gasteiger partial charge in [-0.2, -0.15) is 18.4 Å². The average Bonchev–Trinajstić information content (AvgIpc) is 3.33. The van der Waals surface area contributed by atoms with E-state index < -0.39 is 64.0 Å². The van der Waals surface area contributed by atoms with Crippen LogP contribution in [0.15, 0.2) is 18.2 Å². The van der Waals surface area contributed by atoms with Gasteiger partial charge >= 0.3 is 12.1 Å². The quantitative estimate of drug-likeness (QED) is 0.245. The molecule has 1 unspecified atom stereocenters. The lowest BCUT2D eigenvalue weighted by molar-refractivity contribution is -0.169. The van der Waals surface area contributed by atoms with Crippen molar-refractivity contribution in [1.82, 2.24) is 0 Å². The van der Waals surface area contributed by atoms with Crippen molar-refractivity contribution >= 4 is 23.5 Å². The highest BCUT2D eigenvalue weighted by Gasteiger charge is 2.77. The molecule has 3 heterocycles.